The summed E-state index contributed by atoms with van der Waals surface area (Å²) in [6, 6.07) is 5.53. The van der Waals surface area contributed by atoms with E-state index in [0.29, 0.717) is 11.5 Å². The van der Waals surface area contributed by atoms with Gasteiger partial charge in [-0.15, -0.1) is 0 Å². The van der Waals surface area contributed by atoms with Gasteiger partial charge in [0.25, 0.3) is 21.8 Å². The molecule has 10 nitrogen and oxygen atoms in total. The fourth-order valence-corrected chi connectivity index (χ4v) is 2.53. The van der Waals surface area contributed by atoms with E-state index in [2.05, 4.69) is 15.6 Å². The number of rotatable bonds is 6. The molecule has 3 N–H and O–H groups in total. The molecule has 0 radical (unpaired) electrons. The van der Waals surface area contributed by atoms with Gasteiger partial charge in [0.2, 0.25) is 5.09 Å². The van der Waals surface area contributed by atoms with Crippen LogP contribution in [0.4, 0.5) is 0 Å². The summed E-state index contributed by atoms with van der Waals surface area (Å²) in [6.07, 6.45) is 0.959. The van der Waals surface area contributed by atoms with Crippen molar-refractivity contribution in [1.82, 2.24) is 15.6 Å². The minimum absolute atomic E-state index is 0.0812. The molecular formula is C15H17N3O7S. The molecular weight excluding hydrogens is 366 g/mol. The first-order valence-electron chi connectivity index (χ1n) is 7.16. The summed E-state index contributed by atoms with van der Waals surface area (Å²) >= 11 is 0. The lowest BCUT2D eigenvalue weighted by Gasteiger charge is -2.09. The van der Waals surface area contributed by atoms with Crippen LogP contribution in [0.25, 0.3) is 0 Å². The number of sulfonamides is 1. The third-order valence-corrected chi connectivity index (χ3v) is 4.56. The van der Waals surface area contributed by atoms with Gasteiger partial charge in [-0.05, 0) is 19.2 Å². The minimum atomic E-state index is -3.81. The highest BCUT2D eigenvalue weighted by molar-refractivity contribution is 7.89. The van der Waals surface area contributed by atoms with Gasteiger partial charge in [0.15, 0.2) is 0 Å². The number of hydrogen-bond acceptors (Lipinski definition) is 7. The van der Waals surface area contributed by atoms with Crippen LogP contribution in [0, 0.1) is 0 Å². The van der Waals surface area contributed by atoms with Crippen molar-refractivity contribution in [2.45, 2.75) is 5.09 Å². The molecule has 1 heterocycles. The van der Waals surface area contributed by atoms with Gasteiger partial charge in [-0.25, -0.2) is 13.1 Å². The molecule has 0 spiro atoms. The zero-order valence-electron chi connectivity index (χ0n) is 14.2. The van der Waals surface area contributed by atoms with Crippen LogP contribution in [-0.2, 0) is 10.0 Å². The molecule has 11 heteroatoms. The van der Waals surface area contributed by atoms with Crippen molar-refractivity contribution in [2.75, 3.05) is 21.3 Å². The molecule has 0 atom stereocenters. The molecule has 0 fully saturated rings. The van der Waals surface area contributed by atoms with E-state index in [1.807, 2.05) is 0 Å². The Morgan fingerprint density at radius 3 is 1.96 bits per heavy atom. The maximum atomic E-state index is 12.2. The number of carbonyl (C=O) groups is 2. The molecule has 0 saturated heterocycles. The molecule has 0 aliphatic rings. The van der Waals surface area contributed by atoms with Crippen LogP contribution in [0.5, 0.6) is 11.5 Å². The van der Waals surface area contributed by atoms with Crippen LogP contribution in [0.3, 0.4) is 0 Å². The topological polar surface area (TPSA) is 136 Å². The second-order valence-electron chi connectivity index (χ2n) is 4.87. The quantitative estimate of drug-likeness (QED) is 0.610. The largest absolute Gasteiger partial charge is 0.497 e. The zero-order chi connectivity index (χ0) is 19.3. The Kier molecular flexibility index (Phi) is 5.85. The van der Waals surface area contributed by atoms with Gasteiger partial charge in [0.05, 0.1) is 19.8 Å². The second kappa shape index (κ2) is 7.89. The monoisotopic (exact) mass is 383 g/mol. The Balaban J connectivity index is 2.07. The normalized spacial score (nSPS) is 10.9. The summed E-state index contributed by atoms with van der Waals surface area (Å²) in [5, 5.41) is -0.422. The van der Waals surface area contributed by atoms with E-state index in [1.54, 1.807) is 6.07 Å². The Morgan fingerprint density at radius 2 is 1.46 bits per heavy atom. The van der Waals surface area contributed by atoms with E-state index in [9.17, 15) is 18.0 Å². The molecule has 0 saturated carbocycles. The van der Waals surface area contributed by atoms with Gasteiger partial charge in [-0.2, -0.15) is 0 Å². The van der Waals surface area contributed by atoms with E-state index < -0.39 is 26.9 Å². The molecule has 0 bridgehead atoms. The van der Waals surface area contributed by atoms with Crippen molar-refractivity contribution in [1.29, 1.82) is 0 Å². The minimum Gasteiger partial charge on any atom is -0.497 e. The highest BCUT2D eigenvalue weighted by atomic mass is 32.2. The number of nitrogens with one attached hydrogen (secondary N) is 3. The Labute approximate surface area is 149 Å². The van der Waals surface area contributed by atoms with Crippen molar-refractivity contribution >= 4 is 21.8 Å². The average Bonchev–Trinajstić information content (AvgIpc) is 3.16. The van der Waals surface area contributed by atoms with Gasteiger partial charge in [0.1, 0.15) is 17.8 Å². The van der Waals surface area contributed by atoms with E-state index in [0.717, 1.165) is 12.3 Å². The lowest BCUT2D eigenvalue weighted by Crippen LogP contribution is -2.41. The molecule has 1 aromatic carbocycles. The van der Waals surface area contributed by atoms with E-state index >= 15 is 0 Å². The second-order valence-corrected chi connectivity index (χ2v) is 6.69. The molecule has 0 unspecified atom stereocenters. The van der Waals surface area contributed by atoms with Crippen molar-refractivity contribution < 1.29 is 31.9 Å². The molecule has 2 aromatic rings. The van der Waals surface area contributed by atoms with Crippen LogP contribution in [-0.4, -0.2) is 41.5 Å². The Bertz CT molecular complexity index is 899. The van der Waals surface area contributed by atoms with Crippen molar-refractivity contribution in [3.05, 3.63) is 41.7 Å². The summed E-state index contributed by atoms with van der Waals surface area (Å²) in [5.41, 5.74) is 4.47. The fourth-order valence-electron chi connectivity index (χ4n) is 1.87. The smallest absolute Gasteiger partial charge is 0.273 e. The summed E-state index contributed by atoms with van der Waals surface area (Å²) in [7, 11) is 0.273. The molecule has 0 aliphatic heterocycles. The maximum Gasteiger partial charge on any atom is 0.273 e. The SMILES string of the molecule is CNS(=O)(=O)c1cc(C(=O)NNC(=O)c2cc(OC)cc(OC)c2)co1. The lowest BCUT2D eigenvalue weighted by molar-refractivity contribution is 0.0846. The highest BCUT2D eigenvalue weighted by Gasteiger charge is 2.20. The van der Waals surface area contributed by atoms with E-state index in [1.165, 1.54) is 33.4 Å². The average molecular weight is 383 g/mol. The third-order valence-electron chi connectivity index (χ3n) is 3.27. The van der Waals surface area contributed by atoms with Crippen molar-refractivity contribution in [3.63, 3.8) is 0 Å². The zero-order valence-corrected chi connectivity index (χ0v) is 15.0. The summed E-state index contributed by atoms with van der Waals surface area (Å²) in [6.45, 7) is 0. The standard InChI is InChI=1S/C15H17N3O7S/c1-16-26(21,22)13-6-10(8-25-13)15(20)18-17-14(19)9-4-11(23-2)7-12(5-9)24-3/h4-8,16H,1-3H3,(H,17,19)(H,18,20). The number of methoxy groups -OCH3 is 2. The van der Waals surface area contributed by atoms with E-state index in [4.69, 9.17) is 13.9 Å². The van der Waals surface area contributed by atoms with E-state index in [-0.39, 0.29) is 11.1 Å². The molecule has 2 amide bonds. The molecule has 0 aliphatic carbocycles. The number of hydrazine groups is 1. The summed E-state index contributed by atoms with van der Waals surface area (Å²) in [5.74, 6) is -0.577. The summed E-state index contributed by atoms with van der Waals surface area (Å²) < 4.78 is 40.2. The molecule has 26 heavy (non-hydrogen) atoms. The first-order valence-corrected chi connectivity index (χ1v) is 8.65. The number of amides is 2. The van der Waals surface area contributed by atoms with Gasteiger partial charge >= 0.3 is 0 Å². The predicted octanol–water partition coefficient (Wildman–Crippen LogP) is 0.280. The molecule has 2 rings (SSSR count). The lowest BCUT2D eigenvalue weighted by atomic mass is 10.2. The first kappa shape index (κ1) is 19.3. The highest BCUT2D eigenvalue weighted by Crippen LogP contribution is 2.22. The van der Waals surface area contributed by atoms with Crippen LogP contribution in [0.1, 0.15) is 20.7 Å². The molecule has 140 valence electrons. The van der Waals surface area contributed by atoms with Crippen LogP contribution in [0.2, 0.25) is 0 Å². The first-order chi connectivity index (χ1) is 12.3. The van der Waals surface area contributed by atoms with Gasteiger partial charge < -0.3 is 13.9 Å². The van der Waals surface area contributed by atoms with Gasteiger partial charge in [-0.3, -0.25) is 20.4 Å². The van der Waals surface area contributed by atoms with Crippen molar-refractivity contribution in [3.8, 4) is 11.5 Å². The van der Waals surface area contributed by atoms with Gasteiger partial charge in [0, 0.05) is 17.7 Å². The van der Waals surface area contributed by atoms with Crippen molar-refractivity contribution in [2.24, 2.45) is 0 Å². The maximum absolute atomic E-state index is 12.2. The van der Waals surface area contributed by atoms with Crippen LogP contribution in [0.15, 0.2) is 40.0 Å². The number of benzene rings is 1. The Hall–Kier alpha value is -3.05. The van der Waals surface area contributed by atoms with Crippen LogP contribution < -0.4 is 25.0 Å². The fraction of sp³-hybridized carbons (Fsp3) is 0.200. The van der Waals surface area contributed by atoms with Gasteiger partial charge in [-0.1, -0.05) is 0 Å². The Morgan fingerprint density at radius 1 is 0.923 bits per heavy atom. The third kappa shape index (κ3) is 4.32. The number of carbonyl (C=O) groups excluding carboxylic acids is 2. The number of hydrogen-bond donors (Lipinski definition) is 3. The number of ether oxygens (including phenoxy) is 2. The predicted molar refractivity (Wildman–Crippen MR) is 89.4 cm³/mol. The summed E-state index contributed by atoms with van der Waals surface area (Å²) in [4.78, 5) is 24.2. The number of furan rings is 1. The van der Waals surface area contributed by atoms with Crippen LogP contribution >= 0.6 is 0 Å². The molecule has 1 aromatic heterocycles.